The molecule has 1 N–H and O–H groups in total. The standard InChI is InChI=1S/C28H20F2N2O4/c1-34-26-14-22-24(15-27(26)35-2)31-10-9-25(22)36-20-7-4-16-11-19(6-3-17(16)12-20)32-28(33)21-13-18(29)5-8-23(21)30/h3-15H,1-2H3,(H,32,33). The van der Waals surface area contributed by atoms with Crippen LogP contribution >= 0.6 is 0 Å². The van der Waals surface area contributed by atoms with Gasteiger partial charge in [0.1, 0.15) is 23.1 Å². The van der Waals surface area contributed by atoms with Crippen molar-refractivity contribution in [3.05, 3.63) is 96.2 Å². The summed E-state index contributed by atoms with van der Waals surface area (Å²) in [5.41, 5.74) is 0.782. The number of carbonyl (C=O) groups is 1. The number of nitrogens with zero attached hydrogens (tertiary/aromatic N) is 1. The molecule has 0 aliphatic carbocycles. The number of halogens is 2. The summed E-state index contributed by atoms with van der Waals surface area (Å²) in [7, 11) is 3.13. The van der Waals surface area contributed by atoms with Crippen LogP contribution in [0.2, 0.25) is 0 Å². The van der Waals surface area contributed by atoms with Crippen LogP contribution < -0.4 is 19.5 Å². The topological polar surface area (TPSA) is 69.7 Å². The predicted octanol–water partition coefficient (Wildman–Crippen LogP) is 6.73. The first-order chi connectivity index (χ1) is 17.4. The highest BCUT2D eigenvalue weighted by atomic mass is 19.1. The third-order valence-electron chi connectivity index (χ3n) is 5.68. The summed E-state index contributed by atoms with van der Waals surface area (Å²) in [6, 6.07) is 18.8. The van der Waals surface area contributed by atoms with Crippen LogP contribution in [0, 0.1) is 11.6 Å². The number of carbonyl (C=O) groups excluding carboxylic acids is 1. The van der Waals surface area contributed by atoms with Crippen molar-refractivity contribution in [3.8, 4) is 23.0 Å². The number of hydrogen-bond acceptors (Lipinski definition) is 5. The van der Waals surface area contributed by atoms with Crippen LogP contribution in [0.25, 0.3) is 21.7 Å². The summed E-state index contributed by atoms with van der Waals surface area (Å²) in [4.78, 5) is 16.8. The lowest BCUT2D eigenvalue weighted by molar-refractivity contribution is 0.102. The molecule has 6 nitrogen and oxygen atoms in total. The molecule has 0 unspecified atom stereocenters. The number of rotatable bonds is 6. The Labute approximate surface area is 205 Å². The number of hydrogen-bond donors (Lipinski definition) is 1. The molecule has 5 aromatic rings. The van der Waals surface area contributed by atoms with E-state index >= 15 is 0 Å². The fourth-order valence-electron chi connectivity index (χ4n) is 3.90. The van der Waals surface area contributed by atoms with Crippen LogP contribution in [0.1, 0.15) is 10.4 Å². The Kier molecular flexibility index (Phi) is 6.08. The number of nitrogens with one attached hydrogen (secondary N) is 1. The second-order valence-corrected chi connectivity index (χ2v) is 7.94. The molecule has 0 radical (unpaired) electrons. The minimum Gasteiger partial charge on any atom is -0.493 e. The fourth-order valence-corrected chi connectivity index (χ4v) is 3.90. The molecular weight excluding hydrogens is 466 g/mol. The second-order valence-electron chi connectivity index (χ2n) is 7.94. The highest BCUT2D eigenvalue weighted by Crippen LogP contribution is 2.37. The van der Waals surface area contributed by atoms with Gasteiger partial charge in [0.15, 0.2) is 11.5 Å². The van der Waals surface area contributed by atoms with Gasteiger partial charge in [0.25, 0.3) is 5.91 Å². The van der Waals surface area contributed by atoms with Gasteiger partial charge in [0.2, 0.25) is 0 Å². The first-order valence-corrected chi connectivity index (χ1v) is 10.9. The lowest BCUT2D eigenvalue weighted by Crippen LogP contribution is -2.14. The number of amides is 1. The van der Waals surface area contributed by atoms with Crippen LogP contribution in [-0.4, -0.2) is 25.1 Å². The smallest absolute Gasteiger partial charge is 0.258 e. The minimum atomic E-state index is -0.795. The molecule has 0 saturated carbocycles. The summed E-state index contributed by atoms with van der Waals surface area (Å²) in [5, 5.41) is 5.06. The summed E-state index contributed by atoms with van der Waals surface area (Å²) in [5.74, 6) is 0.119. The van der Waals surface area contributed by atoms with Crippen molar-refractivity contribution in [2.24, 2.45) is 0 Å². The Morgan fingerprint density at radius 2 is 1.56 bits per heavy atom. The molecule has 36 heavy (non-hydrogen) atoms. The zero-order valence-corrected chi connectivity index (χ0v) is 19.3. The number of methoxy groups -OCH3 is 2. The largest absolute Gasteiger partial charge is 0.493 e. The number of pyridine rings is 1. The molecule has 0 bridgehead atoms. The van der Waals surface area contributed by atoms with E-state index in [1.54, 1.807) is 56.8 Å². The quantitative estimate of drug-likeness (QED) is 0.288. The lowest BCUT2D eigenvalue weighted by Gasteiger charge is -2.13. The first-order valence-electron chi connectivity index (χ1n) is 10.9. The zero-order chi connectivity index (χ0) is 25.2. The third-order valence-corrected chi connectivity index (χ3v) is 5.68. The minimum absolute atomic E-state index is 0.363. The van der Waals surface area contributed by atoms with Gasteiger partial charge in [-0.15, -0.1) is 0 Å². The molecule has 0 fully saturated rings. The van der Waals surface area contributed by atoms with E-state index < -0.39 is 17.5 Å². The van der Waals surface area contributed by atoms with E-state index in [1.165, 1.54) is 0 Å². The summed E-state index contributed by atoms with van der Waals surface area (Å²) >= 11 is 0. The van der Waals surface area contributed by atoms with Crippen LogP contribution in [0.5, 0.6) is 23.0 Å². The number of fused-ring (bicyclic) bond motifs is 2. The molecule has 1 amide bonds. The molecule has 0 saturated heterocycles. The zero-order valence-electron chi connectivity index (χ0n) is 19.3. The van der Waals surface area contributed by atoms with E-state index in [2.05, 4.69) is 10.3 Å². The third kappa shape index (κ3) is 4.48. The van der Waals surface area contributed by atoms with E-state index in [9.17, 15) is 13.6 Å². The second kappa shape index (κ2) is 9.50. The van der Waals surface area contributed by atoms with Crippen LogP contribution in [0.15, 0.2) is 79.0 Å². The fraction of sp³-hybridized carbons (Fsp3) is 0.0714. The van der Waals surface area contributed by atoms with Crippen LogP contribution in [0.4, 0.5) is 14.5 Å². The Balaban J connectivity index is 1.41. The summed E-state index contributed by atoms with van der Waals surface area (Å²) < 4.78 is 44.3. The van der Waals surface area contributed by atoms with Crippen molar-refractivity contribution in [1.82, 2.24) is 4.98 Å². The van der Waals surface area contributed by atoms with Crippen LogP contribution in [0.3, 0.4) is 0 Å². The Morgan fingerprint density at radius 1 is 0.806 bits per heavy atom. The van der Waals surface area contributed by atoms with Crippen molar-refractivity contribution in [3.63, 3.8) is 0 Å². The molecule has 5 rings (SSSR count). The van der Waals surface area contributed by atoms with E-state index in [0.717, 1.165) is 34.4 Å². The normalized spacial score (nSPS) is 10.9. The molecule has 1 heterocycles. The summed E-state index contributed by atoms with van der Waals surface area (Å²) in [6.45, 7) is 0. The molecule has 180 valence electrons. The number of aromatic nitrogens is 1. The van der Waals surface area contributed by atoms with E-state index in [0.29, 0.717) is 34.2 Å². The maximum Gasteiger partial charge on any atom is 0.258 e. The molecule has 0 aliphatic rings. The molecule has 4 aromatic carbocycles. The van der Waals surface area contributed by atoms with Crippen molar-refractivity contribution in [1.29, 1.82) is 0 Å². The van der Waals surface area contributed by atoms with Crippen molar-refractivity contribution >= 4 is 33.3 Å². The molecular formula is C28H20F2N2O4. The SMILES string of the molecule is COc1cc2nccc(Oc3ccc4cc(NC(=O)c5cc(F)ccc5F)ccc4c3)c2cc1OC. The maximum atomic E-state index is 13.9. The molecule has 0 spiro atoms. The Morgan fingerprint density at radius 3 is 2.36 bits per heavy atom. The first kappa shape index (κ1) is 23.0. The van der Waals surface area contributed by atoms with Gasteiger partial charge < -0.3 is 19.5 Å². The molecule has 8 heteroatoms. The van der Waals surface area contributed by atoms with Crippen molar-refractivity contribution < 1.29 is 27.8 Å². The number of anilines is 1. The van der Waals surface area contributed by atoms with E-state index in [1.807, 2.05) is 18.2 Å². The highest BCUT2D eigenvalue weighted by molar-refractivity contribution is 6.05. The maximum absolute atomic E-state index is 13.9. The highest BCUT2D eigenvalue weighted by Gasteiger charge is 2.14. The van der Waals surface area contributed by atoms with Crippen molar-refractivity contribution in [2.45, 2.75) is 0 Å². The van der Waals surface area contributed by atoms with Gasteiger partial charge in [-0.05, 0) is 65.4 Å². The molecule has 0 aliphatic heterocycles. The van der Waals surface area contributed by atoms with Gasteiger partial charge in [0, 0.05) is 23.3 Å². The number of ether oxygens (including phenoxy) is 3. The Bertz CT molecular complexity index is 1620. The van der Waals surface area contributed by atoms with Gasteiger partial charge in [-0.3, -0.25) is 9.78 Å². The van der Waals surface area contributed by atoms with Crippen LogP contribution in [-0.2, 0) is 0 Å². The van der Waals surface area contributed by atoms with Gasteiger partial charge in [-0.25, -0.2) is 8.78 Å². The monoisotopic (exact) mass is 486 g/mol. The number of benzene rings is 4. The summed E-state index contributed by atoms with van der Waals surface area (Å²) in [6.07, 6.45) is 1.65. The predicted molar refractivity (Wildman–Crippen MR) is 133 cm³/mol. The van der Waals surface area contributed by atoms with Crippen molar-refractivity contribution in [2.75, 3.05) is 19.5 Å². The van der Waals surface area contributed by atoms with Gasteiger partial charge in [0.05, 0.1) is 25.3 Å². The average molecular weight is 486 g/mol. The van der Waals surface area contributed by atoms with Gasteiger partial charge >= 0.3 is 0 Å². The molecule has 0 atom stereocenters. The molecule has 1 aromatic heterocycles. The van der Waals surface area contributed by atoms with Gasteiger partial charge in [-0.1, -0.05) is 12.1 Å². The Hall–Kier alpha value is -4.72. The van der Waals surface area contributed by atoms with E-state index in [4.69, 9.17) is 14.2 Å². The van der Waals surface area contributed by atoms with Gasteiger partial charge in [-0.2, -0.15) is 0 Å². The average Bonchev–Trinajstić information content (AvgIpc) is 2.89. The van der Waals surface area contributed by atoms with E-state index in [-0.39, 0.29) is 5.56 Å². The lowest BCUT2D eigenvalue weighted by atomic mass is 10.1.